The molecule has 0 saturated heterocycles. The Hall–Kier alpha value is -3.51. The molecule has 2 atom stereocenters. The van der Waals surface area contributed by atoms with Crippen molar-refractivity contribution >= 4 is 5.91 Å². The maximum atomic E-state index is 14.4. The molecule has 3 aromatic carbocycles. The SMILES string of the molecule is CCC1c2cc(OC)c(OC)cc2CCN1C(=O)C1Cc2ccccc2CN1Cc1ccccc1OC. The Kier molecular flexibility index (Phi) is 7.38. The maximum Gasteiger partial charge on any atom is 0.240 e. The van der Waals surface area contributed by atoms with Crippen LogP contribution in [0, 0.1) is 0 Å². The molecule has 0 fully saturated rings. The van der Waals surface area contributed by atoms with Crippen LogP contribution in [0.15, 0.2) is 60.7 Å². The molecule has 2 aliphatic rings. The highest BCUT2D eigenvalue weighted by molar-refractivity contribution is 5.83. The number of nitrogens with zero attached hydrogens (tertiary/aromatic N) is 2. The molecule has 0 aliphatic carbocycles. The summed E-state index contributed by atoms with van der Waals surface area (Å²) in [6.45, 7) is 4.23. The molecule has 3 aromatic rings. The minimum Gasteiger partial charge on any atom is -0.496 e. The van der Waals surface area contributed by atoms with Crippen LogP contribution in [-0.2, 0) is 30.7 Å². The van der Waals surface area contributed by atoms with Gasteiger partial charge in [0.1, 0.15) is 5.75 Å². The predicted molar refractivity (Wildman–Crippen MR) is 144 cm³/mol. The molecule has 6 heteroatoms. The number of hydrogen-bond donors (Lipinski definition) is 0. The van der Waals surface area contributed by atoms with Crippen molar-refractivity contribution in [2.75, 3.05) is 27.9 Å². The van der Waals surface area contributed by atoms with E-state index in [9.17, 15) is 4.79 Å². The third-order valence-electron chi connectivity index (χ3n) is 7.87. The quantitative estimate of drug-likeness (QED) is 0.448. The Morgan fingerprint density at radius 1 is 0.865 bits per heavy atom. The molecule has 6 nitrogen and oxygen atoms in total. The number of carbonyl (C=O) groups excluding carboxylic acids is 1. The van der Waals surface area contributed by atoms with Crippen molar-refractivity contribution in [1.29, 1.82) is 0 Å². The van der Waals surface area contributed by atoms with E-state index in [4.69, 9.17) is 14.2 Å². The van der Waals surface area contributed by atoms with Crippen LogP contribution in [0.25, 0.3) is 0 Å². The zero-order valence-electron chi connectivity index (χ0n) is 22.2. The van der Waals surface area contributed by atoms with Crippen LogP contribution < -0.4 is 14.2 Å². The number of fused-ring (bicyclic) bond motifs is 2. The second-order valence-electron chi connectivity index (χ2n) is 9.82. The Morgan fingerprint density at radius 3 is 2.27 bits per heavy atom. The second kappa shape index (κ2) is 10.9. The number of methoxy groups -OCH3 is 3. The monoisotopic (exact) mass is 500 g/mol. The predicted octanol–water partition coefficient (Wildman–Crippen LogP) is 5.18. The lowest BCUT2D eigenvalue weighted by Gasteiger charge is -2.43. The average molecular weight is 501 g/mol. The lowest BCUT2D eigenvalue weighted by atomic mass is 9.88. The van der Waals surface area contributed by atoms with Gasteiger partial charge in [0.05, 0.1) is 33.4 Å². The summed E-state index contributed by atoms with van der Waals surface area (Å²) in [7, 11) is 5.02. The summed E-state index contributed by atoms with van der Waals surface area (Å²) >= 11 is 0. The van der Waals surface area contributed by atoms with Gasteiger partial charge in [-0.3, -0.25) is 9.69 Å². The van der Waals surface area contributed by atoms with Crippen molar-refractivity contribution in [2.24, 2.45) is 0 Å². The molecule has 0 bridgehead atoms. The van der Waals surface area contributed by atoms with E-state index in [1.165, 1.54) is 16.7 Å². The van der Waals surface area contributed by atoms with Crippen molar-refractivity contribution in [3.05, 3.63) is 88.5 Å². The smallest absolute Gasteiger partial charge is 0.240 e. The number of benzene rings is 3. The van der Waals surface area contributed by atoms with Crippen LogP contribution in [0.1, 0.15) is 47.2 Å². The molecular weight excluding hydrogens is 464 g/mol. The van der Waals surface area contributed by atoms with Crippen LogP contribution in [0.3, 0.4) is 0 Å². The Labute approximate surface area is 219 Å². The second-order valence-corrected chi connectivity index (χ2v) is 9.82. The van der Waals surface area contributed by atoms with E-state index in [-0.39, 0.29) is 18.0 Å². The highest BCUT2D eigenvalue weighted by Crippen LogP contribution is 2.40. The average Bonchev–Trinajstić information content (AvgIpc) is 2.95. The molecule has 194 valence electrons. The Morgan fingerprint density at radius 2 is 1.54 bits per heavy atom. The molecule has 0 N–H and O–H groups in total. The first-order valence-corrected chi connectivity index (χ1v) is 13.1. The number of hydrogen-bond acceptors (Lipinski definition) is 5. The summed E-state index contributed by atoms with van der Waals surface area (Å²) in [6, 6.07) is 20.5. The fourth-order valence-corrected chi connectivity index (χ4v) is 5.96. The first-order valence-electron chi connectivity index (χ1n) is 13.1. The summed E-state index contributed by atoms with van der Waals surface area (Å²) < 4.78 is 16.8. The van der Waals surface area contributed by atoms with Gasteiger partial charge < -0.3 is 19.1 Å². The number of amides is 1. The van der Waals surface area contributed by atoms with Gasteiger partial charge in [-0.2, -0.15) is 0 Å². The molecule has 2 unspecified atom stereocenters. The molecule has 2 aliphatic heterocycles. The van der Waals surface area contributed by atoms with Gasteiger partial charge >= 0.3 is 0 Å². The van der Waals surface area contributed by atoms with Gasteiger partial charge in [-0.15, -0.1) is 0 Å². The minimum absolute atomic E-state index is 0.00124. The van der Waals surface area contributed by atoms with Crippen molar-refractivity contribution in [3.8, 4) is 17.2 Å². The van der Waals surface area contributed by atoms with E-state index in [1.54, 1.807) is 21.3 Å². The molecule has 1 amide bonds. The minimum atomic E-state index is -0.240. The van der Waals surface area contributed by atoms with Crippen LogP contribution in [0.2, 0.25) is 0 Å². The van der Waals surface area contributed by atoms with Gasteiger partial charge in [-0.1, -0.05) is 49.4 Å². The van der Waals surface area contributed by atoms with E-state index in [1.807, 2.05) is 18.2 Å². The lowest BCUT2D eigenvalue weighted by molar-refractivity contribution is -0.141. The van der Waals surface area contributed by atoms with E-state index < -0.39 is 0 Å². The van der Waals surface area contributed by atoms with Crippen molar-refractivity contribution in [1.82, 2.24) is 9.80 Å². The number of ether oxygens (including phenoxy) is 3. The summed E-state index contributed by atoms with van der Waals surface area (Å²) in [4.78, 5) is 18.8. The van der Waals surface area contributed by atoms with Gasteiger partial charge in [0.2, 0.25) is 5.91 Å². The first kappa shape index (κ1) is 25.2. The molecule has 2 heterocycles. The third-order valence-corrected chi connectivity index (χ3v) is 7.87. The molecule has 0 aromatic heterocycles. The third kappa shape index (κ3) is 4.78. The largest absolute Gasteiger partial charge is 0.496 e. The molecular formula is C31H36N2O4. The van der Waals surface area contributed by atoms with Crippen LogP contribution in [-0.4, -0.2) is 49.6 Å². The summed E-state index contributed by atoms with van der Waals surface area (Å²) in [6.07, 6.45) is 2.34. The molecule has 0 spiro atoms. The highest BCUT2D eigenvalue weighted by Gasteiger charge is 2.39. The number of para-hydroxylation sites is 1. The molecule has 0 saturated carbocycles. The van der Waals surface area contributed by atoms with Crippen molar-refractivity contribution in [3.63, 3.8) is 0 Å². The first-order chi connectivity index (χ1) is 18.1. The van der Waals surface area contributed by atoms with Gasteiger partial charge in [-0.05, 0) is 59.7 Å². The van der Waals surface area contributed by atoms with Crippen LogP contribution in [0.4, 0.5) is 0 Å². The van der Waals surface area contributed by atoms with E-state index in [0.29, 0.717) is 25.3 Å². The van der Waals surface area contributed by atoms with Gasteiger partial charge in [0.15, 0.2) is 11.5 Å². The van der Waals surface area contributed by atoms with E-state index >= 15 is 0 Å². The van der Waals surface area contributed by atoms with E-state index in [2.05, 4.69) is 59.2 Å². The zero-order chi connectivity index (χ0) is 25.9. The normalized spacial score (nSPS) is 19.1. The Bertz CT molecular complexity index is 1270. The molecule has 5 rings (SSSR count). The molecule has 37 heavy (non-hydrogen) atoms. The van der Waals surface area contributed by atoms with Crippen LogP contribution in [0.5, 0.6) is 17.2 Å². The van der Waals surface area contributed by atoms with E-state index in [0.717, 1.165) is 42.0 Å². The van der Waals surface area contributed by atoms with Gasteiger partial charge in [-0.25, -0.2) is 0 Å². The Balaban J connectivity index is 1.48. The lowest BCUT2D eigenvalue weighted by Crippen LogP contribution is -2.53. The van der Waals surface area contributed by atoms with Gasteiger partial charge in [0.25, 0.3) is 0 Å². The topological polar surface area (TPSA) is 51.2 Å². The fourth-order valence-electron chi connectivity index (χ4n) is 5.96. The summed E-state index contributed by atoms with van der Waals surface area (Å²) in [5.41, 5.74) is 6.03. The summed E-state index contributed by atoms with van der Waals surface area (Å²) in [5, 5.41) is 0. The number of carbonyl (C=O) groups is 1. The summed E-state index contributed by atoms with van der Waals surface area (Å²) in [5.74, 6) is 2.49. The fraction of sp³-hybridized carbons (Fsp3) is 0.387. The van der Waals surface area contributed by atoms with Crippen LogP contribution >= 0.6 is 0 Å². The highest BCUT2D eigenvalue weighted by atomic mass is 16.5. The number of rotatable bonds is 7. The molecule has 0 radical (unpaired) electrons. The maximum absolute atomic E-state index is 14.4. The standard InChI is InChI=1S/C31H36N2O4/c1-5-26-25-18-30(37-4)29(36-3)17-22(25)14-15-33(26)31(34)27-16-21-10-6-7-11-23(21)19-32(27)20-24-12-8-9-13-28(24)35-2/h6-13,17-18,26-27H,5,14-16,19-20H2,1-4H3. The zero-order valence-corrected chi connectivity index (χ0v) is 22.2. The van der Waals surface area contributed by atoms with Crippen molar-refractivity contribution < 1.29 is 19.0 Å². The van der Waals surface area contributed by atoms with Crippen molar-refractivity contribution in [2.45, 2.75) is 51.4 Å². The van der Waals surface area contributed by atoms with Gasteiger partial charge in [0, 0.05) is 25.2 Å².